The SMILES string of the molecule is CCN(C=O)C(C(=O)O)C1CC=CCC1. The molecule has 1 aliphatic carbocycles. The van der Waals surface area contributed by atoms with Gasteiger partial charge in [0.25, 0.3) is 0 Å². The van der Waals surface area contributed by atoms with Crippen LogP contribution in [0.15, 0.2) is 12.2 Å². The van der Waals surface area contributed by atoms with Gasteiger partial charge in [-0.3, -0.25) is 4.79 Å². The van der Waals surface area contributed by atoms with E-state index in [0.717, 1.165) is 19.3 Å². The van der Waals surface area contributed by atoms with E-state index in [2.05, 4.69) is 6.08 Å². The van der Waals surface area contributed by atoms with Gasteiger partial charge in [0.05, 0.1) is 0 Å². The summed E-state index contributed by atoms with van der Waals surface area (Å²) in [4.78, 5) is 23.3. The van der Waals surface area contributed by atoms with Gasteiger partial charge in [0, 0.05) is 6.54 Å². The number of amides is 1. The molecule has 2 unspecified atom stereocenters. The second-order valence-electron chi connectivity index (χ2n) is 3.76. The Labute approximate surface area is 89.6 Å². The number of hydrogen-bond acceptors (Lipinski definition) is 2. The maximum absolute atomic E-state index is 11.1. The third-order valence-corrected chi connectivity index (χ3v) is 2.87. The molecule has 0 bridgehead atoms. The Morgan fingerprint density at radius 3 is 2.80 bits per heavy atom. The Balaban J connectivity index is 2.76. The van der Waals surface area contributed by atoms with E-state index in [-0.39, 0.29) is 5.92 Å². The van der Waals surface area contributed by atoms with Crippen LogP contribution in [0.3, 0.4) is 0 Å². The minimum Gasteiger partial charge on any atom is -0.480 e. The predicted octanol–water partition coefficient (Wildman–Crippen LogP) is 1.27. The van der Waals surface area contributed by atoms with Crippen molar-refractivity contribution in [1.29, 1.82) is 0 Å². The molecule has 0 radical (unpaired) electrons. The highest BCUT2D eigenvalue weighted by Crippen LogP contribution is 2.24. The van der Waals surface area contributed by atoms with Crippen LogP contribution >= 0.6 is 0 Å². The molecule has 1 aliphatic rings. The van der Waals surface area contributed by atoms with Gasteiger partial charge in [0.15, 0.2) is 0 Å². The largest absolute Gasteiger partial charge is 0.480 e. The van der Waals surface area contributed by atoms with Crippen LogP contribution in [0.4, 0.5) is 0 Å². The van der Waals surface area contributed by atoms with E-state index in [4.69, 9.17) is 5.11 Å². The summed E-state index contributed by atoms with van der Waals surface area (Å²) in [6.45, 7) is 2.24. The van der Waals surface area contributed by atoms with Crippen molar-refractivity contribution in [2.24, 2.45) is 5.92 Å². The van der Waals surface area contributed by atoms with Gasteiger partial charge in [-0.05, 0) is 32.1 Å². The maximum atomic E-state index is 11.1. The number of carbonyl (C=O) groups is 2. The molecule has 4 heteroatoms. The summed E-state index contributed by atoms with van der Waals surface area (Å²) in [5.41, 5.74) is 0. The second kappa shape index (κ2) is 5.53. The molecule has 0 aromatic rings. The van der Waals surface area contributed by atoms with Gasteiger partial charge in [-0.1, -0.05) is 12.2 Å². The molecule has 0 aromatic heterocycles. The molecule has 2 atom stereocenters. The number of likely N-dealkylation sites (N-methyl/N-ethyl adjacent to an activating group) is 1. The lowest BCUT2D eigenvalue weighted by molar-refractivity contribution is -0.148. The number of carboxylic acids is 1. The number of nitrogens with zero attached hydrogens (tertiary/aromatic N) is 1. The van der Waals surface area contributed by atoms with E-state index in [1.807, 2.05) is 6.08 Å². The Bertz CT molecular complexity index is 263. The highest BCUT2D eigenvalue weighted by Gasteiger charge is 2.32. The van der Waals surface area contributed by atoms with E-state index >= 15 is 0 Å². The average Bonchev–Trinajstić information content (AvgIpc) is 2.26. The lowest BCUT2D eigenvalue weighted by Crippen LogP contribution is -2.45. The third-order valence-electron chi connectivity index (χ3n) is 2.87. The topological polar surface area (TPSA) is 57.6 Å². The fourth-order valence-electron chi connectivity index (χ4n) is 2.05. The van der Waals surface area contributed by atoms with E-state index in [0.29, 0.717) is 13.0 Å². The van der Waals surface area contributed by atoms with Gasteiger partial charge in [0.2, 0.25) is 6.41 Å². The van der Waals surface area contributed by atoms with Gasteiger partial charge < -0.3 is 10.0 Å². The van der Waals surface area contributed by atoms with Crippen LogP contribution in [0.1, 0.15) is 26.2 Å². The zero-order chi connectivity index (χ0) is 11.3. The van der Waals surface area contributed by atoms with Crippen LogP contribution in [0.25, 0.3) is 0 Å². The number of rotatable bonds is 5. The molecule has 0 heterocycles. The number of carboxylic acid groups (broad SMARTS) is 1. The summed E-state index contributed by atoms with van der Waals surface area (Å²) in [7, 11) is 0. The monoisotopic (exact) mass is 211 g/mol. The van der Waals surface area contributed by atoms with E-state index in [1.165, 1.54) is 4.90 Å². The van der Waals surface area contributed by atoms with E-state index in [9.17, 15) is 9.59 Å². The quantitative estimate of drug-likeness (QED) is 0.550. The van der Waals surface area contributed by atoms with Crippen LogP contribution in [0.2, 0.25) is 0 Å². The number of carbonyl (C=O) groups excluding carboxylic acids is 1. The van der Waals surface area contributed by atoms with E-state index in [1.54, 1.807) is 6.92 Å². The van der Waals surface area contributed by atoms with Gasteiger partial charge in [-0.15, -0.1) is 0 Å². The summed E-state index contributed by atoms with van der Waals surface area (Å²) in [5.74, 6) is -0.845. The fraction of sp³-hybridized carbons (Fsp3) is 0.636. The minimum atomic E-state index is -0.899. The lowest BCUT2D eigenvalue weighted by Gasteiger charge is -2.31. The first kappa shape index (κ1) is 11.8. The normalized spacial score (nSPS) is 22.1. The van der Waals surface area contributed by atoms with Crippen molar-refractivity contribution in [1.82, 2.24) is 4.90 Å². The molecule has 4 nitrogen and oxygen atoms in total. The highest BCUT2D eigenvalue weighted by molar-refractivity contribution is 5.76. The lowest BCUT2D eigenvalue weighted by atomic mass is 9.87. The van der Waals surface area contributed by atoms with Crippen LogP contribution in [0, 0.1) is 5.92 Å². The van der Waals surface area contributed by atoms with Crippen molar-refractivity contribution in [3.63, 3.8) is 0 Å². The molecular weight excluding hydrogens is 194 g/mol. The summed E-state index contributed by atoms with van der Waals surface area (Å²) in [5, 5.41) is 9.13. The molecule has 0 saturated heterocycles. The zero-order valence-corrected chi connectivity index (χ0v) is 8.93. The van der Waals surface area contributed by atoms with Crippen molar-refractivity contribution >= 4 is 12.4 Å². The Kier molecular flexibility index (Phi) is 4.34. The van der Waals surface area contributed by atoms with Crippen LogP contribution in [-0.2, 0) is 9.59 Å². The van der Waals surface area contributed by atoms with Crippen LogP contribution in [-0.4, -0.2) is 35.0 Å². The first-order valence-electron chi connectivity index (χ1n) is 5.29. The average molecular weight is 211 g/mol. The Hall–Kier alpha value is -1.32. The van der Waals surface area contributed by atoms with Gasteiger partial charge in [-0.25, -0.2) is 4.79 Å². The van der Waals surface area contributed by atoms with Crippen LogP contribution in [0.5, 0.6) is 0 Å². The number of aliphatic carboxylic acids is 1. The van der Waals surface area contributed by atoms with Crippen molar-refractivity contribution < 1.29 is 14.7 Å². The molecule has 0 fully saturated rings. The third kappa shape index (κ3) is 2.81. The summed E-state index contributed by atoms with van der Waals surface area (Å²) < 4.78 is 0. The summed E-state index contributed by atoms with van der Waals surface area (Å²) in [6.07, 6.45) is 7.20. The van der Waals surface area contributed by atoms with Gasteiger partial charge in [-0.2, -0.15) is 0 Å². The molecule has 84 valence electrons. The Morgan fingerprint density at radius 2 is 2.40 bits per heavy atom. The predicted molar refractivity (Wildman–Crippen MR) is 56.3 cm³/mol. The summed E-state index contributed by atoms with van der Waals surface area (Å²) >= 11 is 0. The molecular formula is C11H17NO3. The zero-order valence-electron chi connectivity index (χ0n) is 8.93. The van der Waals surface area contributed by atoms with Crippen LogP contribution < -0.4 is 0 Å². The standard InChI is InChI=1S/C11H17NO3/c1-2-12(8-13)10(11(14)15)9-6-4-3-5-7-9/h3-4,8-10H,2,5-7H2,1H3,(H,14,15). The molecule has 1 rings (SSSR count). The number of hydrogen-bond donors (Lipinski definition) is 1. The minimum absolute atomic E-state index is 0.0534. The van der Waals surface area contributed by atoms with E-state index < -0.39 is 12.0 Å². The molecule has 15 heavy (non-hydrogen) atoms. The molecule has 0 aromatic carbocycles. The molecule has 1 amide bonds. The van der Waals surface area contributed by atoms with Gasteiger partial charge in [0.1, 0.15) is 6.04 Å². The first-order chi connectivity index (χ1) is 7.20. The number of allylic oxidation sites excluding steroid dienone is 2. The van der Waals surface area contributed by atoms with Gasteiger partial charge >= 0.3 is 5.97 Å². The molecule has 0 aliphatic heterocycles. The van der Waals surface area contributed by atoms with Crippen molar-refractivity contribution in [2.45, 2.75) is 32.2 Å². The second-order valence-corrected chi connectivity index (χ2v) is 3.76. The van der Waals surface area contributed by atoms with Crippen molar-refractivity contribution in [3.05, 3.63) is 12.2 Å². The molecule has 0 spiro atoms. The molecule has 0 saturated carbocycles. The first-order valence-corrected chi connectivity index (χ1v) is 5.29. The highest BCUT2D eigenvalue weighted by atomic mass is 16.4. The fourth-order valence-corrected chi connectivity index (χ4v) is 2.05. The Morgan fingerprint density at radius 1 is 1.67 bits per heavy atom. The summed E-state index contributed by atoms with van der Waals surface area (Å²) in [6, 6.07) is -0.669. The molecule has 1 N–H and O–H groups in total. The van der Waals surface area contributed by atoms with Crippen molar-refractivity contribution in [2.75, 3.05) is 6.54 Å². The van der Waals surface area contributed by atoms with Crippen molar-refractivity contribution in [3.8, 4) is 0 Å². The maximum Gasteiger partial charge on any atom is 0.326 e. The smallest absolute Gasteiger partial charge is 0.326 e.